The zero-order valence-electron chi connectivity index (χ0n) is 9.63. The molecule has 1 aliphatic heterocycles. The van der Waals surface area contributed by atoms with Crippen molar-refractivity contribution in [3.8, 4) is 0 Å². The van der Waals surface area contributed by atoms with Gasteiger partial charge in [0.2, 0.25) is 5.91 Å². The van der Waals surface area contributed by atoms with E-state index in [1.165, 1.54) is 0 Å². The number of carbonyl (C=O) groups excluding carboxylic acids is 1. The summed E-state index contributed by atoms with van der Waals surface area (Å²) in [6.45, 7) is 3.79. The van der Waals surface area contributed by atoms with Gasteiger partial charge in [-0.1, -0.05) is 12.1 Å². The first kappa shape index (κ1) is 12.5. The summed E-state index contributed by atoms with van der Waals surface area (Å²) in [4.78, 5) is 12.0. The molecule has 0 aromatic heterocycles. The van der Waals surface area contributed by atoms with E-state index in [1.807, 2.05) is 25.1 Å². The molecule has 5 heteroatoms. The van der Waals surface area contributed by atoms with Gasteiger partial charge in [0.05, 0.1) is 18.9 Å². The van der Waals surface area contributed by atoms with Crippen LogP contribution in [0.4, 0.5) is 5.69 Å². The molecule has 4 nitrogen and oxygen atoms in total. The smallest absolute Gasteiger partial charge is 0.243 e. The molecule has 1 aromatic carbocycles. The predicted molar refractivity (Wildman–Crippen MR) is 70.1 cm³/mol. The molecule has 92 valence electrons. The number of benzene rings is 1. The molecular formula is C12H15BrN2O2. The van der Waals surface area contributed by atoms with Crippen LogP contribution in [-0.2, 0) is 9.53 Å². The van der Waals surface area contributed by atoms with Crippen LogP contribution >= 0.6 is 15.9 Å². The fourth-order valence-electron chi connectivity index (χ4n) is 1.70. The molecule has 2 rings (SSSR count). The number of anilines is 1. The number of morpholine rings is 1. The zero-order valence-corrected chi connectivity index (χ0v) is 11.2. The third-order valence-corrected chi connectivity index (χ3v) is 3.74. The van der Waals surface area contributed by atoms with Crippen molar-refractivity contribution in [2.75, 3.05) is 25.1 Å². The van der Waals surface area contributed by atoms with Crippen LogP contribution < -0.4 is 10.6 Å². The number of aryl methyl sites for hydroxylation is 1. The number of hydrogen-bond acceptors (Lipinski definition) is 3. The number of carbonyl (C=O) groups is 1. The van der Waals surface area contributed by atoms with Crippen molar-refractivity contribution in [2.24, 2.45) is 0 Å². The number of nitrogens with one attached hydrogen (secondary N) is 2. The summed E-state index contributed by atoms with van der Waals surface area (Å²) in [5, 5.41) is 6.01. The molecule has 17 heavy (non-hydrogen) atoms. The van der Waals surface area contributed by atoms with Crippen LogP contribution in [0.2, 0.25) is 0 Å². The minimum absolute atomic E-state index is 0.0593. The van der Waals surface area contributed by atoms with Crippen LogP contribution in [0, 0.1) is 6.92 Å². The van der Waals surface area contributed by atoms with E-state index in [0.717, 1.165) is 15.7 Å². The van der Waals surface area contributed by atoms with Crippen LogP contribution in [0.5, 0.6) is 0 Å². The molecule has 0 bridgehead atoms. The Kier molecular flexibility index (Phi) is 4.15. The van der Waals surface area contributed by atoms with Crippen molar-refractivity contribution < 1.29 is 9.53 Å². The summed E-state index contributed by atoms with van der Waals surface area (Å²) in [7, 11) is 0. The highest BCUT2D eigenvalue weighted by molar-refractivity contribution is 9.10. The lowest BCUT2D eigenvalue weighted by Gasteiger charge is -2.23. The quantitative estimate of drug-likeness (QED) is 0.873. The molecule has 1 atom stereocenters. The molecule has 0 aliphatic carbocycles. The predicted octanol–water partition coefficient (Wildman–Crippen LogP) is 1.68. The van der Waals surface area contributed by atoms with E-state index in [9.17, 15) is 4.79 Å². The van der Waals surface area contributed by atoms with Crippen molar-refractivity contribution >= 4 is 27.5 Å². The maximum atomic E-state index is 12.0. The van der Waals surface area contributed by atoms with Crippen molar-refractivity contribution in [1.82, 2.24) is 5.32 Å². The van der Waals surface area contributed by atoms with E-state index >= 15 is 0 Å². The Morgan fingerprint density at radius 1 is 1.59 bits per heavy atom. The van der Waals surface area contributed by atoms with Gasteiger partial charge in [-0.3, -0.25) is 4.79 Å². The van der Waals surface area contributed by atoms with Crippen LogP contribution in [0.3, 0.4) is 0 Å². The number of rotatable bonds is 2. The van der Waals surface area contributed by atoms with Gasteiger partial charge in [-0.15, -0.1) is 0 Å². The average Bonchev–Trinajstić information content (AvgIpc) is 2.36. The molecule has 1 unspecified atom stereocenters. The standard InChI is InChI=1S/C12H15BrN2O2/c1-8-3-2-4-9(11(8)13)15-12(16)10-7-17-6-5-14-10/h2-4,10,14H,5-7H2,1H3,(H,15,16). The Morgan fingerprint density at radius 3 is 3.12 bits per heavy atom. The van der Waals surface area contributed by atoms with E-state index < -0.39 is 0 Å². The molecule has 1 amide bonds. The first-order valence-electron chi connectivity index (χ1n) is 5.55. The number of amides is 1. The maximum absolute atomic E-state index is 12.0. The van der Waals surface area contributed by atoms with Gasteiger partial charge in [-0.2, -0.15) is 0 Å². The highest BCUT2D eigenvalue weighted by Gasteiger charge is 2.21. The summed E-state index contributed by atoms with van der Waals surface area (Å²) in [5.74, 6) is -0.0593. The summed E-state index contributed by atoms with van der Waals surface area (Å²) < 4.78 is 6.18. The summed E-state index contributed by atoms with van der Waals surface area (Å²) in [6.07, 6.45) is 0. The van der Waals surface area contributed by atoms with Crippen molar-refractivity contribution in [3.05, 3.63) is 28.2 Å². The Bertz CT molecular complexity index is 417. The third kappa shape index (κ3) is 3.06. The molecule has 0 saturated carbocycles. The summed E-state index contributed by atoms with van der Waals surface area (Å²) in [5.41, 5.74) is 1.89. The Morgan fingerprint density at radius 2 is 2.41 bits per heavy atom. The molecule has 0 radical (unpaired) electrons. The molecule has 0 spiro atoms. The number of ether oxygens (including phenoxy) is 1. The lowest BCUT2D eigenvalue weighted by atomic mass is 10.2. The molecule has 1 aliphatic rings. The van der Waals surface area contributed by atoms with Crippen LogP contribution in [0.15, 0.2) is 22.7 Å². The van der Waals surface area contributed by atoms with Crippen LogP contribution in [0.1, 0.15) is 5.56 Å². The molecule has 1 aromatic rings. The topological polar surface area (TPSA) is 50.4 Å². The van der Waals surface area contributed by atoms with Crippen LogP contribution in [-0.4, -0.2) is 31.7 Å². The van der Waals surface area contributed by atoms with Gasteiger partial charge in [0.1, 0.15) is 6.04 Å². The Balaban J connectivity index is 2.04. The fraction of sp³-hybridized carbons (Fsp3) is 0.417. The van der Waals surface area contributed by atoms with E-state index in [-0.39, 0.29) is 11.9 Å². The third-order valence-electron chi connectivity index (χ3n) is 2.69. The zero-order chi connectivity index (χ0) is 12.3. The lowest BCUT2D eigenvalue weighted by Crippen LogP contribution is -2.48. The molecular weight excluding hydrogens is 284 g/mol. The highest BCUT2D eigenvalue weighted by Crippen LogP contribution is 2.25. The van der Waals surface area contributed by atoms with E-state index in [1.54, 1.807) is 0 Å². The van der Waals surface area contributed by atoms with Gasteiger partial charge in [-0.05, 0) is 34.5 Å². The van der Waals surface area contributed by atoms with Gasteiger partial charge < -0.3 is 15.4 Å². The Hall–Kier alpha value is -0.910. The average molecular weight is 299 g/mol. The summed E-state index contributed by atoms with van der Waals surface area (Å²) >= 11 is 3.47. The molecule has 2 N–H and O–H groups in total. The first-order chi connectivity index (χ1) is 8.18. The minimum atomic E-state index is -0.267. The number of hydrogen-bond donors (Lipinski definition) is 2. The fourth-order valence-corrected chi connectivity index (χ4v) is 2.06. The van der Waals surface area contributed by atoms with Crippen molar-refractivity contribution in [1.29, 1.82) is 0 Å². The minimum Gasteiger partial charge on any atom is -0.378 e. The second kappa shape index (κ2) is 5.62. The molecule has 1 fully saturated rings. The second-order valence-electron chi connectivity index (χ2n) is 4.01. The highest BCUT2D eigenvalue weighted by atomic mass is 79.9. The second-order valence-corrected chi connectivity index (χ2v) is 4.80. The van der Waals surface area contributed by atoms with Crippen LogP contribution in [0.25, 0.3) is 0 Å². The van der Waals surface area contributed by atoms with E-state index in [0.29, 0.717) is 19.8 Å². The van der Waals surface area contributed by atoms with Gasteiger partial charge in [0.15, 0.2) is 0 Å². The van der Waals surface area contributed by atoms with Crippen molar-refractivity contribution in [3.63, 3.8) is 0 Å². The van der Waals surface area contributed by atoms with E-state index in [4.69, 9.17) is 4.74 Å². The first-order valence-corrected chi connectivity index (χ1v) is 6.35. The van der Waals surface area contributed by atoms with Gasteiger partial charge in [0, 0.05) is 11.0 Å². The largest absolute Gasteiger partial charge is 0.378 e. The summed E-state index contributed by atoms with van der Waals surface area (Å²) in [6, 6.07) is 5.51. The molecule has 1 heterocycles. The van der Waals surface area contributed by atoms with Gasteiger partial charge in [0.25, 0.3) is 0 Å². The lowest BCUT2D eigenvalue weighted by molar-refractivity contribution is -0.120. The monoisotopic (exact) mass is 298 g/mol. The number of halogens is 1. The Labute approximate surface area is 109 Å². The van der Waals surface area contributed by atoms with E-state index in [2.05, 4.69) is 26.6 Å². The SMILES string of the molecule is Cc1cccc(NC(=O)C2COCCN2)c1Br. The van der Waals surface area contributed by atoms with Gasteiger partial charge >= 0.3 is 0 Å². The van der Waals surface area contributed by atoms with Gasteiger partial charge in [-0.25, -0.2) is 0 Å². The van der Waals surface area contributed by atoms with Crippen molar-refractivity contribution in [2.45, 2.75) is 13.0 Å². The normalized spacial score (nSPS) is 20.0. The molecule has 1 saturated heterocycles. The maximum Gasteiger partial charge on any atom is 0.243 e.